The van der Waals surface area contributed by atoms with Crippen LogP contribution in [-0.4, -0.2) is 36.6 Å². The van der Waals surface area contributed by atoms with Crippen molar-refractivity contribution in [2.24, 2.45) is 17.8 Å². The van der Waals surface area contributed by atoms with E-state index in [1.54, 1.807) is 0 Å². The molecule has 3 fully saturated rings. The molecule has 3 heteroatoms. The van der Waals surface area contributed by atoms with Gasteiger partial charge in [0, 0.05) is 19.1 Å². The van der Waals surface area contributed by atoms with Crippen molar-refractivity contribution in [2.75, 3.05) is 20.1 Å². The second-order valence-corrected chi connectivity index (χ2v) is 7.81. The summed E-state index contributed by atoms with van der Waals surface area (Å²) in [6, 6.07) is 3.09. The highest BCUT2D eigenvalue weighted by molar-refractivity contribution is 5.07. The number of nitriles is 1. The number of rotatable bonds is 7. The van der Waals surface area contributed by atoms with Gasteiger partial charge in [0.15, 0.2) is 0 Å². The number of fused-ring (bicyclic) bond motifs is 2. The Morgan fingerprint density at radius 2 is 2.05 bits per heavy atom. The second-order valence-electron chi connectivity index (χ2n) is 7.81. The molecule has 0 saturated heterocycles. The van der Waals surface area contributed by atoms with Gasteiger partial charge in [0.05, 0.1) is 6.07 Å². The van der Waals surface area contributed by atoms with Gasteiger partial charge in [-0.3, -0.25) is 5.32 Å². The summed E-state index contributed by atoms with van der Waals surface area (Å²) >= 11 is 0. The molecule has 3 aliphatic carbocycles. The maximum absolute atomic E-state index is 9.41. The van der Waals surface area contributed by atoms with E-state index in [2.05, 4.69) is 30.3 Å². The first-order valence-electron chi connectivity index (χ1n) is 8.45. The Balaban J connectivity index is 1.42. The molecule has 3 rings (SSSR count). The quantitative estimate of drug-likeness (QED) is 0.776. The fourth-order valence-corrected chi connectivity index (χ4v) is 4.34. The van der Waals surface area contributed by atoms with Crippen molar-refractivity contribution in [3.8, 4) is 6.07 Å². The zero-order valence-corrected chi connectivity index (χ0v) is 13.1. The highest BCUT2D eigenvalue weighted by Gasteiger charge is 2.39. The van der Waals surface area contributed by atoms with E-state index in [-0.39, 0.29) is 5.54 Å². The van der Waals surface area contributed by atoms with Crippen LogP contribution in [0.25, 0.3) is 0 Å². The molecule has 1 N–H and O–H groups in total. The Bertz CT molecular complexity index is 384. The summed E-state index contributed by atoms with van der Waals surface area (Å²) in [6.45, 7) is 4.35. The van der Waals surface area contributed by atoms with Crippen LogP contribution < -0.4 is 5.32 Å². The SMILES string of the molecule is CN(CCC(C)(C#N)NC1CC1)CC1CC2CCC1C2. The van der Waals surface area contributed by atoms with Gasteiger partial charge in [0.2, 0.25) is 0 Å². The lowest BCUT2D eigenvalue weighted by molar-refractivity contribution is 0.206. The number of hydrogen-bond acceptors (Lipinski definition) is 3. The fourth-order valence-electron chi connectivity index (χ4n) is 4.34. The van der Waals surface area contributed by atoms with Gasteiger partial charge in [-0.05, 0) is 70.3 Å². The van der Waals surface area contributed by atoms with Gasteiger partial charge in [0.25, 0.3) is 0 Å². The van der Waals surface area contributed by atoms with Crippen molar-refractivity contribution in [1.29, 1.82) is 5.26 Å². The molecule has 0 aromatic carbocycles. The summed E-state index contributed by atoms with van der Waals surface area (Å²) in [5, 5.41) is 12.9. The number of nitrogens with one attached hydrogen (secondary N) is 1. The minimum absolute atomic E-state index is 0.329. The topological polar surface area (TPSA) is 39.1 Å². The molecule has 3 saturated carbocycles. The first kappa shape index (κ1) is 14.4. The summed E-state index contributed by atoms with van der Waals surface area (Å²) in [6.07, 6.45) is 9.36. The van der Waals surface area contributed by atoms with Crippen molar-refractivity contribution in [3.05, 3.63) is 0 Å². The van der Waals surface area contributed by atoms with Crippen molar-refractivity contribution in [3.63, 3.8) is 0 Å². The van der Waals surface area contributed by atoms with Crippen LogP contribution in [0, 0.1) is 29.1 Å². The van der Waals surface area contributed by atoms with Crippen LogP contribution in [-0.2, 0) is 0 Å². The molecule has 0 heterocycles. The molecule has 112 valence electrons. The van der Waals surface area contributed by atoms with Gasteiger partial charge in [-0.2, -0.15) is 5.26 Å². The van der Waals surface area contributed by atoms with Crippen LogP contribution in [0.5, 0.6) is 0 Å². The zero-order chi connectivity index (χ0) is 14.2. The van der Waals surface area contributed by atoms with E-state index in [0.29, 0.717) is 6.04 Å². The summed E-state index contributed by atoms with van der Waals surface area (Å²) < 4.78 is 0. The fraction of sp³-hybridized carbons (Fsp3) is 0.941. The Labute approximate surface area is 123 Å². The van der Waals surface area contributed by atoms with Gasteiger partial charge in [-0.15, -0.1) is 0 Å². The Morgan fingerprint density at radius 1 is 1.25 bits per heavy atom. The third-order valence-corrected chi connectivity index (χ3v) is 5.77. The molecule has 0 aromatic heterocycles. The smallest absolute Gasteiger partial charge is 0.105 e. The molecule has 0 amide bonds. The van der Waals surface area contributed by atoms with Crippen molar-refractivity contribution in [2.45, 2.75) is 63.5 Å². The maximum Gasteiger partial charge on any atom is 0.105 e. The highest BCUT2D eigenvalue weighted by atomic mass is 15.1. The van der Waals surface area contributed by atoms with Gasteiger partial charge >= 0.3 is 0 Å². The predicted octanol–water partition coefficient (Wildman–Crippen LogP) is 2.78. The normalized spacial score (nSPS) is 35.2. The Hall–Kier alpha value is -0.590. The minimum Gasteiger partial charge on any atom is -0.306 e. The standard InChI is InChI=1S/C17H29N3/c1-17(12-18,19-16-5-6-16)7-8-20(2)11-15-10-13-3-4-14(15)9-13/h13-16,19H,3-11H2,1-2H3. The van der Waals surface area contributed by atoms with E-state index in [1.165, 1.54) is 45.1 Å². The van der Waals surface area contributed by atoms with E-state index in [0.717, 1.165) is 30.7 Å². The molecule has 4 unspecified atom stereocenters. The number of hydrogen-bond donors (Lipinski definition) is 1. The molecular weight excluding hydrogens is 246 g/mol. The van der Waals surface area contributed by atoms with E-state index in [9.17, 15) is 5.26 Å². The van der Waals surface area contributed by atoms with Crippen molar-refractivity contribution >= 4 is 0 Å². The molecule has 2 bridgehead atoms. The summed E-state index contributed by atoms with van der Waals surface area (Å²) in [7, 11) is 2.24. The number of nitrogens with zero attached hydrogens (tertiary/aromatic N) is 2. The van der Waals surface area contributed by atoms with Crippen LogP contribution in [0.3, 0.4) is 0 Å². The summed E-state index contributed by atoms with van der Waals surface area (Å²) in [5.41, 5.74) is -0.329. The Morgan fingerprint density at radius 3 is 2.60 bits per heavy atom. The largest absolute Gasteiger partial charge is 0.306 e. The zero-order valence-electron chi connectivity index (χ0n) is 13.1. The Kier molecular flexibility index (Phi) is 4.06. The second kappa shape index (κ2) is 5.66. The third kappa shape index (κ3) is 3.35. The molecule has 3 aliphatic rings. The lowest BCUT2D eigenvalue weighted by atomic mass is 9.88. The highest BCUT2D eigenvalue weighted by Crippen LogP contribution is 2.48. The van der Waals surface area contributed by atoms with Gasteiger partial charge in [0.1, 0.15) is 5.54 Å². The molecule has 4 atom stereocenters. The first-order valence-corrected chi connectivity index (χ1v) is 8.45. The molecule has 20 heavy (non-hydrogen) atoms. The molecular formula is C17H29N3. The van der Waals surface area contributed by atoms with E-state index >= 15 is 0 Å². The first-order chi connectivity index (χ1) is 9.58. The van der Waals surface area contributed by atoms with Crippen LogP contribution in [0.15, 0.2) is 0 Å². The molecule has 0 radical (unpaired) electrons. The predicted molar refractivity (Wildman–Crippen MR) is 81.2 cm³/mol. The average molecular weight is 275 g/mol. The third-order valence-electron chi connectivity index (χ3n) is 5.77. The van der Waals surface area contributed by atoms with Crippen molar-refractivity contribution < 1.29 is 0 Å². The van der Waals surface area contributed by atoms with Crippen LogP contribution >= 0.6 is 0 Å². The maximum atomic E-state index is 9.41. The van der Waals surface area contributed by atoms with E-state index in [4.69, 9.17) is 0 Å². The minimum atomic E-state index is -0.329. The molecule has 0 aromatic rings. The molecule has 3 nitrogen and oxygen atoms in total. The van der Waals surface area contributed by atoms with E-state index < -0.39 is 0 Å². The van der Waals surface area contributed by atoms with Crippen molar-refractivity contribution in [1.82, 2.24) is 10.2 Å². The van der Waals surface area contributed by atoms with Gasteiger partial charge < -0.3 is 4.90 Å². The lowest BCUT2D eigenvalue weighted by Crippen LogP contribution is -2.45. The summed E-state index contributed by atoms with van der Waals surface area (Å²) in [4.78, 5) is 2.47. The van der Waals surface area contributed by atoms with Gasteiger partial charge in [-0.1, -0.05) is 6.42 Å². The molecule has 0 aliphatic heterocycles. The van der Waals surface area contributed by atoms with E-state index in [1.807, 2.05) is 0 Å². The van der Waals surface area contributed by atoms with Crippen LogP contribution in [0.1, 0.15) is 51.9 Å². The van der Waals surface area contributed by atoms with Gasteiger partial charge in [-0.25, -0.2) is 0 Å². The van der Waals surface area contributed by atoms with Crippen LogP contribution in [0.2, 0.25) is 0 Å². The lowest BCUT2D eigenvalue weighted by Gasteiger charge is -2.30. The summed E-state index contributed by atoms with van der Waals surface area (Å²) in [5.74, 6) is 2.98. The monoisotopic (exact) mass is 275 g/mol. The molecule has 0 spiro atoms. The average Bonchev–Trinajstić information content (AvgIpc) is 2.99. The van der Waals surface area contributed by atoms with Crippen LogP contribution in [0.4, 0.5) is 0 Å².